The molecular formula is C22H20F2N6OS. The number of nitrogens with zero attached hydrogens (tertiary/aromatic N) is 5. The van der Waals surface area contributed by atoms with Gasteiger partial charge in [-0.25, -0.2) is 18.4 Å². The Kier molecular flexibility index (Phi) is 5.30. The molecule has 1 aliphatic rings. The predicted molar refractivity (Wildman–Crippen MR) is 123 cm³/mol. The number of methoxy groups -OCH3 is 1. The van der Waals surface area contributed by atoms with Crippen LogP contribution in [0.15, 0.2) is 42.5 Å². The summed E-state index contributed by atoms with van der Waals surface area (Å²) in [6.07, 6.45) is 0. The van der Waals surface area contributed by atoms with Crippen LogP contribution in [0.2, 0.25) is 0 Å². The molecule has 0 spiro atoms. The van der Waals surface area contributed by atoms with Gasteiger partial charge in [-0.05, 0) is 36.4 Å². The molecule has 7 nitrogen and oxygen atoms in total. The van der Waals surface area contributed by atoms with Gasteiger partial charge in [0.2, 0.25) is 5.95 Å². The molecule has 164 valence electrons. The van der Waals surface area contributed by atoms with Crippen LogP contribution in [-0.2, 0) is 0 Å². The highest BCUT2D eigenvalue weighted by atomic mass is 32.2. The number of rotatable bonds is 4. The molecule has 3 heterocycles. The van der Waals surface area contributed by atoms with Crippen LogP contribution < -0.4 is 15.4 Å². The molecular weight excluding hydrogens is 434 g/mol. The van der Waals surface area contributed by atoms with Gasteiger partial charge >= 0.3 is 0 Å². The molecule has 10 heteroatoms. The summed E-state index contributed by atoms with van der Waals surface area (Å²) >= 11 is 1.85. The molecule has 2 aromatic heterocycles. The van der Waals surface area contributed by atoms with Crippen molar-refractivity contribution in [3.63, 3.8) is 0 Å². The fraction of sp³-hybridized carbons (Fsp3) is 0.227. The monoisotopic (exact) mass is 454 g/mol. The molecule has 2 N–H and O–H groups in total. The first kappa shape index (κ1) is 20.5. The van der Waals surface area contributed by atoms with Gasteiger partial charge in [0, 0.05) is 30.2 Å². The summed E-state index contributed by atoms with van der Waals surface area (Å²) in [4.78, 5) is 11.3. The van der Waals surface area contributed by atoms with Crippen molar-refractivity contribution >= 4 is 34.6 Å². The quantitative estimate of drug-likeness (QED) is 0.501. The lowest BCUT2D eigenvalue weighted by Crippen LogP contribution is -2.33. The lowest BCUT2D eigenvalue weighted by molar-refractivity contribution is 0.414. The molecule has 2 aromatic carbocycles. The van der Waals surface area contributed by atoms with Gasteiger partial charge in [0.1, 0.15) is 11.6 Å². The Morgan fingerprint density at radius 3 is 2.50 bits per heavy atom. The molecule has 0 unspecified atom stereocenters. The molecule has 0 amide bonds. The fourth-order valence-corrected chi connectivity index (χ4v) is 4.61. The Hall–Kier alpha value is -3.40. The van der Waals surface area contributed by atoms with Crippen LogP contribution in [0.5, 0.6) is 5.75 Å². The van der Waals surface area contributed by atoms with E-state index < -0.39 is 11.6 Å². The van der Waals surface area contributed by atoms with E-state index in [1.165, 1.54) is 16.8 Å². The minimum absolute atomic E-state index is 0.0195. The number of halogens is 2. The number of benzene rings is 2. The highest BCUT2D eigenvalue weighted by Gasteiger charge is 2.24. The number of fused-ring (bicyclic) bond motifs is 1. The largest absolute Gasteiger partial charge is 0.497 e. The normalized spacial score (nSPS) is 14.2. The van der Waals surface area contributed by atoms with Gasteiger partial charge in [-0.15, -0.1) is 5.10 Å². The first-order chi connectivity index (χ1) is 15.6. The lowest BCUT2D eigenvalue weighted by atomic mass is 10.1. The zero-order valence-electron chi connectivity index (χ0n) is 17.3. The van der Waals surface area contributed by atoms with Gasteiger partial charge in [-0.3, -0.25) is 0 Å². The summed E-state index contributed by atoms with van der Waals surface area (Å²) in [5.74, 6) is 1.30. The maximum atomic E-state index is 14.8. The summed E-state index contributed by atoms with van der Waals surface area (Å²) in [5, 5.41) is 4.96. The molecule has 0 aliphatic carbocycles. The Balaban J connectivity index is 1.75. The van der Waals surface area contributed by atoms with Crippen molar-refractivity contribution < 1.29 is 13.5 Å². The Labute approximate surface area is 187 Å². The second-order valence-corrected chi connectivity index (χ2v) is 8.49. The molecule has 32 heavy (non-hydrogen) atoms. The molecule has 0 bridgehead atoms. The SMILES string of the molecule is COc1ccc(-n2nc3nc(N4CCSCC4)nc(-c4cccc(F)c4F)c3c2N)cc1. The Bertz CT molecular complexity index is 1290. The zero-order chi connectivity index (χ0) is 22.2. The summed E-state index contributed by atoms with van der Waals surface area (Å²) in [6.45, 7) is 1.52. The summed E-state index contributed by atoms with van der Waals surface area (Å²) in [6, 6.07) is 11.2. The molecule has 5 rings (SSSR count). The van der Waals surface area contributed by atoms with Crippen molar-refractivity contribution in [2.75, 3.05) is 42.3 Å². The summed E-state index contributed by atoms with van der Waals surface area (Å²) < 4.78 is 35.6. The van der Waals surface area contributed by atoms with Crippen LogP contribution in [0.25, 0.3) is 28.0 Å². The maximum absolute atomic E-state index is 14.8. The van der Waals surface area contributed by atoms with E-state index in [9.17, 15) is 8.78 Å². The number of thioether (sulfide) groups is 1. The zero-order valence-corrected chi connectivity index (χ0v) is 18.1. The first-order valence-electron chi connectivity index (χ1n) is 10.0. The van der Waals surface area contributed by atoms with Gasteiger partial charge in [-0.2, -0.15) is 16.7 Å². The van der Waals surface area contributed by atoms with E-state index in [1.54, 1.807) is 31.4 Å². The standard InChI is InChI=1S/C22H20F2N6OS/c1-31-14-7-5-13(6-8-14)30-20(25)17-19(15-3-2-4-16(23)18(15)24)26-22(27-21(17)28-30)29-9-11-32-12-10-29/h2-8H,9-12,25H2,1H3. The van der Waals surface area contributed by atoms with Gasteiger partial charge in [0.05, 0.1) is 23.9 Å². The molecule has 0 atom stereocenters. The van der Waals surface area contributed by atoms with E-state index in [0.29, 0.717) is 28.4 Å². The summed E-state index contributed by atoms with van der Waals surface area (Å²) in [5.41, 5.74) is 7.69. The smallest absolute Gasteiger partial charge is 0.228 e. The van der Waals surface area contributed by atoms with Crippen LogP contribution >= 0.6 is 11.8 Å². The third-order valence-electron chi connectivity index (χ3n) is 5.37. The van der Waals surface area contributed by atoms with E-state index in [4.69, 9.17) is 10.5 Å². The van der Waals surface area contributed by atoms with Crippen LogP contribution in [0.3, 0.4) is 0 Å². The van der Waals surface area contributed by atoms with Gasteiger partial charge in [0.25, 0.3) is 0 Å². The Morgan fingerprint density at radius 1 is 1.03 bits per heavy atom. The molecule has 1 fully saturated rings. The maximum Gasteiger partial charge on any atom is 0.228 e. The van der Waals surface area contributed by atoms with Crippen LogP contribution in [0.1, 0.15) is 0 Å². The van der Waals surface area contributed by atoms with Crippen molar-refractivity contribution in [2.24, 2.45) is 0 Å². The average molecular weight is 455 g/mol. The van der Waals surface area contributed by atoms with Crippen molar-refractivity contribution in [1.82, 2.24) is 19.7 Å². The van der Waals surface area contributed by atoms with E-state index in [-0.39, 0.29) is 17.1 Å². The minimum Gasteiger partial charge on any atom is -0.497 e. The molecule has 0 saturated carbocycles. The van der Waals surface area contributed by atoms with Crippen molar-refractivity contribution in [2.45, 2.75) is 0 Å². The average Bonchev–Trinajstić information content (AvgIpc) is 3.17. The molecule has 0 radical (unpaired) electrons. The molecule has 4 aromatic rings. The van der Waals surface area contributed by atoms with E-state index in [0.717, 1.165) is 30.7 Å². The topological polar surface area (TPSA) is 82.1 Å². The second kappa shape index (κ2) is 8.27. The number of nitrogen functional groups attached to an aromatic ring is 1. The molecule has 1 saturated heterocycles. The van der Waals surface area contributed by atoms with Crippen LogP contribution in [0.4, 0.5) is 20.5 Å². The summed E-state index contributed by atoms with van der Waals surface area (Å²) in [7, 11) is 1.58. The van der Waals surface area contributed by atoms with Crippen molar-refractivity contribution in [1.29, 1.82) is 0 Å². The number of ether oxygens (including phenoxy) is 1. The van der Waals surface area contributed by atoms with Gasteiger partial charge < -0.3 is 15.4 Å². The second-order valence-electron chi connectivity index (χ2n) is 7.27. The number of aromatic nitrogens is 4. The minimum atomic E-state index is -0.982. The highest BCUT2D eigenvalue weighted by Crippen LogP contribution is 2.35. The Morgan fingerprint density at radius 2 is 1.78 bits per heavy atom. The van der Waals surface area contributed by atoms with Crippen molar-refractivity contribution in [3.05, 3.63) is 54.1 Å². The number of anilines is 2. The van der Waals surface area contributed by atoms with Gasteiger partial charge in [-0.1, -0.05) is 6.07 Å². The predicted octanol–water partition coefficient (Wildman–Crippen LogP) is 3.90. The van der Waals surface area contributed by atoms with E-state index in [1.807, 2.05) is 16.7 Å². The van der Waals surface area contributed by atoms with Crippen LogP contribution in [-0.4, -0.2) is 51.5 Å². The van der Waals surface area contributed by atoms with Gasteiger partial charge in [0.15, 0.2) is 17.3 Å². The fourth-order valence-electron chi connectivity index (χ4n) is 3.71. The number of nitrogens with two attached hydrogens (primary N) is 1. The van der Waals surface area contributed by atoms with E-state index >= 15 is 0 Å². The third kappa shape index (κ3) is 3.50. The van der Waals surface area contributed by atoms with E-state index in [2.05, 4.69) is 15.1 Å². The number of hydrogen-bond donors (Lipinski definition) is 1. The third-order valence-corrected chi connectivity index (χ3v) is 6.32. The molecule has 1 aliphatic heterocycles. The lowest BCUT2D eigenvalue weighted by Gasteiger charge is -2.26. The van der Waals surface area contributed by atoms with Crippen molar-refractivity contribution in [3.8, 4) is 22.7 Å². The number of hydrogen-bond acceptors (Lipinski definition) is 7. The highest BCUT2D eigenvalue weighted by molar-refractivity contribution is 7.99. The van der Waals surface area contributed by atoms with Crippen LogP contribution in [0, 0.1) is 11.6 Å². The first-order valence-corrected chi connectivity index (χ1v) is 11.2.